The fraction of sp³-hybridized carbons (Fsp3) is 0.321. The van der Waals surface area contributed by atoms with Crippen molar-refractivity contribution < 1.29 is 4.74 Å². The van der Waals surface area contributed by atoms with Crippen molar-refractivity contribution in [2.24, 2.45) is 4.99 Å². The molecule has 0 radical (unpaired) electrons. The third-order valence-corrected chi connectivity index (χ3v) is 6.18. The molecule has 3 nitrogen and oxygen atoms in total. The number of benzene rings is 3. The van der Waals surface area contributed by atoms with E-state index in [0.717, 1.165) is 35.7 Å². The van der Waals surface area contributed by atoms with Gasteiger partial charge in [-0.3, -0.25) is 4.99 Å². The minimum absolute atomic E-state index is 0.194. The molecule has 1 aliphatic heterocycles. The first-order chi connectivity index (χ1) is 14.9. The van der Waals surface area contributed by atoms with Gasteiger partial charge in [-0.25, -0.2) is 0 Å². The lowest BCUT2D eigenvalue weighted by Crippen LogP contribution is -2.48. The highest BCUT2D eigenvalue weighted by Crippen LogP contribution is 2.43. The summed E-state index contributed by atoms with van der Waals surface area (Å²) in [4.78, 5) is 7.21. The van der Waals surface area contributed by atoms with Gasteiger partial charge in [-0.05, 0) is 99.7 Å². The van der Waals surface area contributed by atoms with Gasteiger partial charge in [0.25, 0.3) is 0 Å². The van der Waals surface area contributed by atoms with Crippen molar-refractivity contribution in [1.82, 2.24) is 0 Å². The maximum Gasteiger partial charge on any atom is 0.127 e. The second kappa shape index (κ2) is 8.58. The Balaban J connectivity index is 1.49. The van der Waals surface area contributed by atoms with Gasteiger partial charge in [0, 0.05) is 24.0 Å². The van der Waals surface area contributed by atoms with E-state index in [4.69, 9.17) is 4.74 Å². The van der Waals surface area contributed by atoms with Gasteiger partial charge in [0.15, 0.2) is 0 Å². The number of aliphatic imine (C=N–C) groups is 1. The van der Waals surface area contributed by atoms with E-state index >= 15 is 0 Å². The summed E-state index contributed by atoms with van der Waals surface area (Å²) in [5.74, 6) is 2.20. The molecule has 0 saturated heterocycles. The van der Waals surface area contributed by atoms with Crippen LogP contribution in [0, 0.1) is 6.92 Å². The summed E-state index contributed by atoms with van der Waals surface area (Å²) < 4.78 is 5.91. The van der Waals surface area contributed by atoms with E-state index in [1.54, 1.807) is 0 Å². The molecule has 0 fully saturated rings. The molecule has 1 aliphatic rings. The van der Waals surface area contributed by atoms with Crippen LogP contribution in [0.1, 0.15) is 56.7 Å². The summed E-state index contributed by atoms with van der Waals surface area (Å²) in [5, 5.41) is 0. The highest BCUT2D eigenvalue weighted by Gasteiger charge is 2.35. The van der Waals surface area contributed by atoms with Crippen molar-refractivity contribution in [1.29, 1.82) is 0 Å². The maximum atomic E-state index is 5.91. The fourth-order valence-corrected chi connectivity index (χ4v) is 4.68. The molecule has 160 valence electrons. The van der Waals surface area contributed by atoms with Gasteiger partial charge in [-0.2, -0.15) is 0 Å². The number of hydrogen-bond acceptors (Lipinski definition) is 3. The molecule has 1 heterocycles. The third-order valence-electron chi connectivity index (χ3n) is 6.18. The van der Waals surface area contributed by atoms with Crippen LogP contribution in [0.4, 0.5) is 11.4 Å². The van der Waals surface area contributed by atoms with E-state index in [1.807, 2.05) is 54.7 Å². The molecule has 0 saturated carbocycles. The van der Waals surface area contributed by atoms with E-state index in [9.17, 15) is 0 Å². The highest BCUT2D eigenvalue weighted by atomic mass is 16.5. The van der Waals surface area contributed by atoms with Crippen LogP contribution in [0.15, 0.2) is 71.7 Å². The highest BCUT2D eigenvalue weighted by molar-refractivity contribution is 5.83. The molecular weight excluding hydrogens is 380 g/mol. The van der Waals surface area contributed by atoms with Crippen molar-refractivity contribution in [2.75, 3.05) is 11.4 Å². The van der Waals surface area contributed by atoms with Crippen LogP contribution in [0.2, 0.25) is 0 Å². The number of rotatable bonds is 5. The van der Waals surface area contributed by atoms with Crippen LogP contribution < -0.4 is 9.64 Å². The van der Waals surface area contributed by atoms with Gasteiger partial charge in [-0.15, -0.1) is 0 Å². The summed E-state index contributed by atoms with van der Waals surface area (Å²) in [5.41, 5.74) is 6.26. The second-order valence-electron chi connectivity index (χ2n) is 9.15. The lowest BCUT2D eigenvalue weighted by Gasteiger charge is -2.47. The van der Waals surface area contributed by atoms with E-state index in [-0.39, 0.29) is 5.54 Å². The molecule has 1 unspecified atom stereocenters. The SMILES string of the molecule is CCN1c2ccc(C=Nc3ccc(Oc4ccc(C)cc4)cc3)cc2C(C)CC1(C)C. The summed E-state index contributed by atoms with van der Waals surface area (Å²) in [6.45, 7) is 12.4. The Morgan fingerprint density at radius 2 is 1.65 bits per heavy atom. The lowest BCUT2D eigenvalue weighted by molar-refractivity contribution is 0.381. The molecule has 0 spiro atoms. The number of anilines is 1. The summed E-state index contributed by atoms with van der Waals surface area (Å²) >= 11 is 0. The normalized spacial score (nSPS) is 17.6. The zero-order valence-corrected chi connectivity index (χ0v) is 19.2. The molecule has 3 heteroatoms. The van der Waals surface area contributed by atoms with Crippen molar-refractivity contribution in [3.8, 4) is 11.5 Å². The number of nitrogens with zero attached hydrogens (tertiary/aromatic N) is 2. The van der Waals surface area contributed by atoms with Crippen molar-refractivity contribution in [3.63, 3.8) is 0 Å². The van der Waals surface area contributed by atoms with E-state index in [2.05, 4.69) is 62.7 Å². The standard InChI is InChI=1S/C28H32N2O/c1-6-30-27-16-9-22(17-26(27)21(3)18-28(30,4)5)19-29-23-10-14-25(15-11-23)31-24-12-7-20(2)8-13-24/h7-17,19,21H,6,18H2,1-5H3. The number of fused-ring (bicyclic) bond motifs is 1. The molecule has 4 rings (SSSR count). The van der Waals surface area contributed by atoms with Crippen LogP contribution in [-0.2, 0) is 0 Å². The molecule has 31 heavy (non-hydrogen) atoms. The molecule has 0 N–H and O–H groups in total. The number of hydrogen-bond donors (Lipinski definition) is 0. The maximum absolute atomic E-state index is 5.91. The minimum Gasteiger partial charge on any atom is -0.457 e. The topological polar surface area (TPSA) is 24.8 Å². The second-order valence-corrected chi connectivity index (χ2v) is 9.15. The quantitative estimate of drug-likeness (QED) is 0.402. The van der Waals surface area contributed by atoms with E-state index < -0.39 is 0 Å². The Bertz CT molecular complexity index is 1070. The largest absolute Gasteiger partial charge is 0.457 e. The van der Waals surface area contributed by atoms with Gasteiger partial charge in [0.1, 0.15) is 11.5 Å². The zero-order chi connectivity index (χ0) is 22.0. The number of ether oxygens (including phenoxy) is 1. The van der Waals surface area contributed by atoms with Crippen LogP contribution in [0.3, 0.4) is 0 Å². The molecule has 0 aliphatic carbocycles. The zero-order valence-electron chi connectivity index (χ0n) is 19.2. The predicted molar refractivity (Wildman–Crippen MR) is 132 cm³/mol. The van der Waals surface area contributed by atoms with Crippen LogP contribution in [0.25, 0.3) is 0 Å². The molecule has 3 aromatic rings. The minimum atomic E-state index is 0.194. The van der Waals surface area contributed by atoms with Gasteiger partial charge >= 0.3 is 0 Å². The molecule has 0 aromatic heterocycles. The van der Waals surface area contributed by atoms with Crippen molar-refractivity contribution >= 4 is 17.6 Å². The fourth-order valence-electron chi connectivity index (χ4n) is 4.68. The first kappa shape index (κ1) is 21.2. The summed E-state index contributed by atoms with van der Waals surface area (Å²) in [6.07, 6.45) is 3.12. The van der Waals surface area contributed by atoms with Gasteiger partial charge in [-0.1, -0.05) is 30.7 Å². The van der Waals surface area contributed by atoms with Gasteiger partial charge in [0.05, 0.1) is 5.69 Å². The molecule has 0 bridgehead atoms. The Labute approximate surface area is 186 Å². The van der Waals surface area contributed by atoms with Crippen LogP contribution in [-0.4, -0.2) is 18.3 Å². The first-order valence-electron chi connectivity index (χ1n) is 11.2. The molecule has 0 amide bonds. The van der Waals surface area contributed by atoms with Gasteiger partial charge in [0.2, 0.25) is 0 Å². The van der Waals surface area contributed by atoms with E-state index in [1.165, 1.54) is 16.8 Å². The Morgan fingerprint density at radius 1 is 1.00 bits per heavy atom. The Hall–Kier alpha value is -3.07. The van der Waals surface area contributed by atoms with Crippen molar-refractivity contribution in [2.45, 2.75) is 52.5 Å². The summed E-state index contributed by atoms with van der Waals surface area (Å²) in [6, 6.07) is 22.7. The Morgan fingerprint density at radius 3 is 2.29 bits per heavy atom. The lowest BCUT2D eigenvalue weighted by atomic mass is 9.79. The average molecular weight is 413 g/mol. The molecular formula is C28H32N2O. The van der Waals surface area contributed by atoms with E-state index in [0.29, 0.717) is 5.92 Å². The third kappa shape index (κ3) is 4.66. The average Bonchev–Trinajstić information content (AvgIpc) is 2.75. The smallest absolute Gasteiger partial charge is 0.127 e. The predicted octanol–water partition coefficient (Wildman–Crippen LogP) is 7.65. The van der Waals surface area contributed by atoms with Crippen molar-refractivity contribution in [3.05, 3.63) is 83.4 Å². The van der Waals surface area contributed by atoms with Crippen LogP contribution >= 0.6 is 0 Å². The number of aryl methyl sites for hydroxylation is 1. The first-order valence-corrected chi connectivity index (χ1v) is 11.2. The van der Waals surface area contributed by atoms with Gasteiger partial charge < -0.3 is 9.64 Å². The van der Waals surface area contributed by atoms with Crippen LogP contribution in [0.5, 0.6) is 11.5 Å². The monoisotopic (exact) mass is 412 g/mol. The molecule has 3 aromatic carbocycles. The molecule has 1 atom stereocenters. The Kier molecular flexibility index (Phi) is 5.86. The summed E-state index contributed by atoms with van der Waals surface area (Å²) in [7, 11) is 0.